The smallest absolute Gasteiger partial charge is 0.264 e. The number of ether oxygens (including phenoxy) is 1. The molecule has 1 amide bonds. The summed E-state index contributed by atoms with van der Waals surface area (Å²) < 4.78 is 18.7. The number of phenolic OH excluding ortho intramolecular Hbond substituents is 1. The number of hydrogen-bond donors (Lipinski definition) is 2. The molecule has 0 saturated carbocycles. The number of thioether (sulfide) groups is 1. The van der Waals surface area contributed by atoms with Crippen LogP contribution in [-0.2, 0) is 4.79 Å². The number of halogens is 2. The predicted molar refractivity (Wildman–Crippen MR) is 99.6 cm³/mol. The minimum absolute atomic E-state index is 0.0597. The summed E-state index contributed by atoms with van der Waals surface area (Å²) in [6.07, 6.45) is 1.55. The molecule has 2 N–H and O–H groups in total. The fourth-order valence-corrected chi connectivity index (χ4v) is 3.40. The molecule has 0 atom stereocenters. The van der Waals surface area contributed by atoms with Crippen molar-refractivity contribution in [3.63, 3.8) is 0 Å². The van der Waals surface area contributed by atoms with Crippen LogP contribution in [0.4, 0.5) is 10.1 Å². The van der Waals surface area contributed by atoms with Gasteiger partial charge in [-0.15, -0.1) is 0 Å². The lowest BCUT2D eigenvalue weighted by atomic mass is 10.1. The van der Waals surface area contributed by atoms with Crippen LogP contribution >= 0.6 is 27.7 Å². The van der Waals surface area contributed by atoms with Gasteiger partial charge in [0.25, 0.3) is 5.91 Å². The first-order chi connectivity index (χ1) is 12.0. The van der Waals surface area contributed by atoms with Gasteiger partial charge in [-0.3, -0.25) is 4.79 Å². The molecular formula is C17H12BrFN2O3S. The van der Waals surface area contributed by atoms with Crippen molar-refractivity contribution >= 4 is 50.5 Å². The highest BCUT2D eigenvalue weighted by Crippen LogP contribution is 2.37. The van der Waals surface area contributed by atoms with E-state index in [2.05, 4.69) is 26.2 Å². The Labute approximate surface area is 155 Å². The minimum atomic E-state index is -0.355. The van der Waals surface area contributed by atoms with Crippen LogP contribution in [0.3, 0.4) is 0 Å². The zero-order valence-corrected chi connectivity index (χ0v) is 15.3. The first kappa shape index (κ1) is 17.5. The number of hydrogen-bond acceptors (Lipinski definition) is 5. The van der Waals surface area contributed by atoms with Gasteiger partial charge in [0, 0.05) is 10.0 Å². The number of rotatable bonds is 3. The number of phenols is 1. The van der Waals surface area contributed by atoms with Gasteiger partial charge in [0.15, 0.2) is 16.7 Å². The van der Waals surface area contributed by atoms with E-state index in [1.165, 1.54) is 31.4 Å². The van der Waals surface area contributed by atoms with E-state index in [1.54, 1.807) is 18.2 Å². The highest BCUT2D eigenvalue weighted by atomic mass is 79.9. The molecule has 0 aliphatic carbocycles. The Kier molecular flexibility index (Phi) is 5.10. The molecule has 1 heterocycles. The Morgan fingerprint density at radius 2 is 2.04 bits per heavy atom. The Morgan fingerprint density at radius 1 is 1.32 bits per heavy atom. The fraction of sp³-hybridized carbons (Fsp3) is 0.0588. The van der Waals surface area contributed by atoms with Crippen molar-refractivity contribution < 1.29 is 19.0 Å². The lowest BCUT2D eigenvalue weighted by Gasteiger charge is -2.07. The average molecular weight is 423 g/mol. The van der Waals surface area contributed by atoms with E-state index in [4.69, 9.17) is 4.74 Å². The van der Waals surface area contributed by atoms with Gasteiger partial charge in [0.1, 0.15) is 5.82 Å². The van der Waals surface area contributed by atoms with Crippen molar-refractivity contribution in [1.82, 2.24) is 5.32 Å². The van der Waals surface area contributed by atoms with E-state index < -0.39 is 0 Å². The van der Waals surface area contributed by atoms with Crippen LogP contribution in [0.2, 0.25) is 0 Å². The molecule has 0 aromatic heterocycles. The van der Waals surface area contributed by atoms with Crippen molar-refractivity contribution in [2.24, 2.45) is 4.99 Å². The molecule has 5 nitrogen and oxygen atoms in total. The van der Waals surface area contributed by atoms with Gasteiger partial charge in [-0.25, -0.2) is 9.38 Å². The number of carbonyl (C=O) groups excluding carboxylic acids is 1. The van der Waals surface area contributed by atoms with Crippen LogP contribution in [0.15, 0.2) is 50.8 Å². The van der Waals surface area contributed by atoms with Crippen LogP contribution < -0.4 is 10.1 Å². The average Bonchev–Trinajstić information content (AvgIpc) is 2.92. The summed E-state index contributed by atoms with van der Waals surface area (Å²) in [5, 5.41) is 13.2. The van der Waals surface area contributed by atoms with Gasteiger partial charge in [-0.1, -0.05) is 15.9 Å². The van der Waals surface area contributed by atoms with E-state index in [9.17, 15) is 14.3 Å². The highest BCUT2D eigenvalue weighted by molar-refractivity contribution is 9.10. The van der Waals surface area contributed by atoms with Crippen LogP contribution in [-0.4, -0.2) is 23.3 Å². The predicted octanol–water partition coefficient (Wildman–Crippen LogP) is 4.19. The topological polar surface area (TPSA) is 70.9 Å². The molecule has 0 spiro atoms. The lowest BCUT2D eigenvalue weighted by molar-refractivity contribution is -0.115. The van der Waals surface area contributed by atoms with Gasteiger partial charge >= 0.3 is 0 Å². The summed E-state index contributed by atoms with van der Waals surface area (Å²) in [7, 11) is 1.45. The summed E-state index contributed by atoms with van der Waals surface area (Å²) in [6, 6.07) is 8.92. The maximum atomic E-state index is 12.9. The molecule has 0 unspecified atom stereocenters. The lowest BCUT2D eigenvalue weighted by Crippen LogP contribution is -2.19. The molecule has 1 saturated heterocycles. The van der Waals surface area contributed by atoms with Crippen molar-refractivity contribution in [1.29, 1.82) is 0 Å². The van der Waals surface area contributed by atoms with Gasteiger partial charge < -0.3 is 15.2 Å². The highest BCUT2D eigenvalue weighted by Gasteiger charge is 2.24. The molecule has 3 rings (SSSR count). The summed E-state index contributed by atoms with van der Waals surface area (Å²) in [4.78, 5) is 16.7. The zero-order valence-electron chi connectivity index (χ0n) is 12.9. The van der Waals surface area contributed by atoms with Crippen LogP contribution in [0.5, 0.6) is 11.5 Å². The maximum absolute atomic E-state index is 12.9. The van der Waals surface area contributed by atoms with Gasteiger partial charge in [-0.05, 0) is 54.2 Å². The SMILES string of the molecule is COc1cc(Br)cc(/C=C2\SC(=Nc3ccc(F)cc3)NC2=O)c1O. The Bertz CT molecular complexity index is 898. The van der Waals surface area contributed by atoms with Crippen LogP contribution in [0.25, 0.3) is 6.08 Å². The van der Waals surface area contributed by atoms with E-state index in [1.807, 2.05) is 0 Å². The van der Waals surface area contributed by atoms with Crippen LogP contribution in [0, 0.1) is 5.82 Å². The van der Waals surface area contributed by atoms with E-state index in [0.29, 0.717) is 31.5 Å². The van der Waals surface area contributed by atoms with Crippen molar-refractivity contribution in [2.75, 3.05) is 7.11 Å². The number of aliphatic imine (C=N–C) groups is 1. The summed E-state index contributed by atoms with van der Waals surface area (Å²) in [6.45, 7) is 0. The molecule has 128 valence electrons. The third kappa shape index (κ3) is 4.02. The minimum Gasteiger partial charge on any atom is -0.504 e. The summed E-state index contributed by atoms with van der Waals surface area (Å²) in [5.41, 5.74) is 0.962. The third-order valence-electron chi connectivity index (χ3n) is 3.28. The molecule has 1 aliphatic rings. The largest absolute Gasteiger partial charge is 0.504 e. The number of benzene rings is 2. The van der Waals surface area contributed by atoms with Gasteiger partial charge in [0.05, 0.1) is 17.7 Å². The molecule has 2 aromatic rings. The molecule has 25 heavy (non-hydrogen) atoms. The third-order valence-corrected chi connectivity index (χ3v) is 4.65. The molecule has 2 aromatic carbocycles. The van der Waals surface area contributed by atoms with E-state index in [0.717, 1.165) is 11.8 Å². The molecule has 0 radical (unpaired) electrons. The number of methoxy groups -OCH3 is 1. The monoisotopic (exact) mass is 422 g/mol. The van der Waals surface area contributed by atoms with Gasteiger partial charge in [0.2, 0.25) is 0 Å². The number of nitrogens with zero attached hydrogens (tertiary/aromatic N) is 1. The molecule has 8 heteroatoms. The second-order valence-corrected chi connectivity index (χ2v) is 6.95. The number of nitrogens with one attached hydrogen (secondary N) is 1. The van der Waals surface area contributed by atoms with Crippen molar-refractivity contribution in [3.05, 3.63) is 57.2 Å². The standard InChI is InChI=1S/C17H12BrFN2O3S/c1-24-13-8-10(18)6-9(15(13)22)7-14-16(23)21-17(25-14)20-12-4-2-11(19)3-5-12/h2-8,22H,1H3,(H,20,21,23)/b14-7-. The molecule has 0 bridgehead atoms. The number of amidine groups is 1. The first-order valence-electron chi connectivity index (χ1n) is 7.08. The Balaban J connectivity index is 1.89. The number of amides is 1. The van der Waals surface area contributed by atoms with E-state index in [-0.39, 0.29) is 17.5 Å². The molecule has 1 fully saturated rings. The maximum Gasteiger partial charge on any atom is 0.264 e. The van der Waals surface area contributed by atoms with E-state index >= 15 is 0 Å². The molecule has 1 aliphatic heterocycles. The second-order valence-electron chi connectivity index (χ2n) is 5.00. The molecular weight excluding hydrogens is 411 g/mol. The Morgan fingerprint density at radius 3 is 2.72 bits per heavy atom. The number of aromatic hydroxyl groups is 1. The van der Waals surface area contributed by atoms with Gasteiger partial charge in [-0.2, -0.15) is 0 Å². The summed E-state index contributed by atoms with van der Waals surface area (Å²) in [5.74, 6) is -0.448. The zero-order chi connectivity index (χ0) is 18.0. The first-order valence-corrected chi connectivity index (χ1v) is 8.69. The van der Waals surface area contributed by atoms with Crippen LogP contribution in [0.1, 0.15) is 5.56 Å². The summed E-state index contributed by atoms with van der Waals surface area (Å²) >= 11 is 4.46. The fourth-order valence-electron chi connectivity index (χ4n) is 2.11. The normalized spacial score (nSPS) is 17.2. The van der Waals surface area contributed by atoms with Crippen molar-refractivity contribution in [3.8, 4) is 11.5 Å². The quantitative estimate of drug-likeness (QED) is 0.727. The number of carbonyl (C=O) groups is 1. The second kappa shape index (κ2) is 7.28. The Hall–Kier alpha value is -2.32. The van der Waals surface area contributed by atoms with Crippen molar-refractivity contribution in [2.45, 2.75) is 0 Å².